The Hall–Kier alpha value is -0.950. The quantitative estimate of drug-likeness (QED) is 0.812. The van der Waals surface area contributed by atoms with Crippen LogP contribution in [-0.2, 0) is 13.5 Å². The molecule has 2 rings (SSSR count). The Morgan fingerprint density at radius 2 is 2.24 bits per heavy atom. The third-order valence-electron chi connectivity index (χ3n) is 2.06. The summed E-state index contributed by atoms with van der Waals surface area (Å²) in [5, 5.41) is 5.72. The van der Waals surface area contributed by atoms with Crippen molar-refractivity contribution in [2.75, 3.05) is 0 Å². The summed E-state index contributed by atoms with van der Waals surface area (Å²) in [6, 6.07) is 1.89. The van der Waals surface area contributed by atoms with Gasteiger partial charge in [-0.15, -0.1) is 0 Å². The third-order valence-corrected chi connectivity index (χ3v) is 3.43. The molecule has 0 bridgehead atoms. The molecular formula is C10H12BrN5S. The normalized spacial score (nSPS) is 10.8. The molecule has 0 N–H and O–H groups in total. The van der Waals surface area contributed by atoms with Crippen LogP contribution in [0.4, 0.5) is 0 Å². The average Bonchev–Trinajstić information content (AvgIpc) is 2.64. The molecule has 0 aromatic carbocycles. The van der Waals surface area contributed by atoms with Gasteiger partial charge in [-0.1, -0.05) is 6.92 Å². The molecule has 17 heavy (non-hydrogen) atoms. The van der Waals surface area contributed by atoms with Gasteiger partial charge < -0.3 is 0 Å². The monoisotopic (exact) mass is 313 g/mol. The van der Waals surface area contributed by atoms with E-state index in [4.69, 9.17) is 0 Å². The van der Waals surface area contributed by atoms with Crippen LogP contribution in [0.1, 0.15) is 19.2 Å². The maximum atomic E-state index is 4.48. The number of aryl methyl sites for hydroxylation is 2. The Morgan fingerprint density at radius 1 is 1.41 bits per heavy atom. The smallest absolute Gasteiger partial charge is 0.192 e. The van der Waals surface area contributed by atoms with E-state index in [0.717, 1.165) is 33.5 Å². The zero-order chi connectivity index (χ0) is 12.3. The largest absolute Gasteiger partial charge is 0.244 e. The molecule has 7 heteroatoms. The van der Waals surface area contributed by atoms with E-state index >= 15 is 0 Å². The first-order chi connectivity index (χ1) is 8.19. The molecule has 0 amide bonds. The zero-order valence-electron chi connectivity index (χ0n) is 9.59. The minimum absolute atomic E-state index is 0.806. The lowest BCUT2D eigenvalue weighted by molar-refractivity contribution is 0.684. The minimum atomic E-state index is 0.806. The summed E-state index contributed by atoms with van der Waals surface area (Å²) in [5.41, 5.74) is 0. The van der Waals surface area contributed by atoms with Crippen molar-refractivity contribution in [1.82, 2.24) is 24.7 Å². The van der Waals surface area contributed by atoms with Crippen LogP contribution in [0.15, 0.2) is 27.2 Å². The van der Waals surface area contributed by atoms with Crippen LogP contribution in [0.3, 0.4) is 0 Å². The number of nitrogens with zero attached hydrogens (tertiary/aromatic N) is 5. The second kappa shape index (κ2) is 5.59. The summed E-state index contributed by atoms with van der Waals surface area (Å²) in [4.78, 5) is 13.0. The van der Waals surface area contributed by atoms with Crippen LogP contribution in [0.2, 0.25) is 0 Å². The lowest BCUT2D eigenvalue weighted by atomic mass is 10.3. The summed E-state index contributed by atoms with van der Waals surface area (Å²) in [5.74, 6) is 0.853. The van der Waals surface area contributed by atoms with Crippen LogP contribution >= 0.6 is 27.7 Å². The number of hydrogen-bond donors (Lipinski definition) is 0. The molecule has 2 aromatic heterocycles. The van der Waals surface area contributed by atoms with Crippen LogP contribution < -0.4 is 0 Å². The van der Waals surface area contributed by atoms with E-state index < -0.39 is 0 Å². The van der Waals surface area contributed by atoms with Crippen molar-refractivity contribution in [1.29, 1.82) is 0 Å². The molecule has 0 atom stereocenters. The fourth-order valence-corrected chi connectivity index (χ4v) is 2.66. The van der Waals surface area contributed by atoms with E-state index in [0.29, 0.717) is 0 Å². The number of halogens is 1. The highest BCUT2D eigenvalue weighted by molar-refractivity contribution is 9.10. The number of hydrogen-bond acceptors (Lipinski definition) is 5. The lowest BCUT2D eigenvalue weighted by Gasteiger charge is -2.03. The van der Waals surface area contributed by atoms with E-state index in [1.165, 1.54) is 18.1 Å². The maximum Gasteiger partial charge on any atom is 0.192 e. The van der Waals surface area contributed by atoms with Crippen molar-refractivity contribution in [2.45, 2.75) is 29.9 Å². The van der Waals surface area contributed by atoms with Crippen LogP contribution in [0.25, 0.3) is 0 Å². The second-order valence-corrected chi connectivity index (χ2v) is 5.26. The van der Waals surface area contributed by atoms with Gasteiger partial charge in [0.1, 0.15) is 21.8 Å². The average molecular weight is 314 g/mol. The Bertz CT molecular complexity index is 513. The highest BCUT2D eigenvalue weighted by Crippen LogP contribution is 2.25. The van der Waals surface area contributed by atoms with Gasteiger partial charge in [-0.05, 0) is 34.1 Å². The van der Waals surface area contributed by atoms with E-state index in [-0.39, 0.29) is 0 Å². The molecule has 90 valence electrons. The molecule has 0 saturated carbocycles. The molecule has 0 aliphatic carbocycles. The van der Waals surface area contributed by atoms with Gasteiger partial charge in [0.05, 0.1) is 0 Å². The molecule has 0 fully saturated rings. The van der Waals surface area contributed by atoms with Gasteiger partial charge in [0.15, 0.2) is 5.16 Å². The van der Waals surface area contributed by atoms with E-state index in [2.05, 4.69) is 42.9 Å². The van der Waals surface area contributed by atoms with Gasteiger partial charge in [0.25, 0.3) is 0 Å². The van der Waals surface area contributed by atoms with Crippen LogP contribution in [0, 0.1) is 0 Å². The molecule has 2 heterocycles. The van der Waals surface area contributed by atoms with Gasteiger partial charge in [0.2, 0.25) is 0 Å². The molecule has 0 aliphatic rings. The van der Waals surface area contributed by atoms with Crippen molar-refractivity contribution in [3.63, 3.8) is 0 Å². The molecule has 5 nitrogen and oxygen atoms in total. The first-order valence-corrected chi connectivity index (χ1v) is 6.85. The lowest BCUT2D eigenvalue weighted by Crippen LogP contribution is -1.98. The summed E-state index contributed by atoms with van der Waals surface area (Å²) < 4.78 is 2.53. The SMILES string of the molecule is CCCc1nc(Br)cc(Sc2ncnn2C)n1. The number of aromatic nitrogens is 5. The Balaban J connectivity index is 2.23. The van der Waals surface area contributed by atoms with Crippen molar-refractivity contribution >= 4 is 27.7 Å². The first-order valence-electron chi connectivity index (χ1n) is 5.24. The Kier molecular flexibility index (Phi) is 4.11. The van der Waals surface area contributed by atoms with Gasteiger partial charge in [-0.25, -0.2) is 19.6 Å². The molecule has 2 aromatic rings. The fraction of sp³-hybridized carbons (Fsp3) is 0.400. The third kappa shape index (κ3) is 3.26. The fourth-order valence-electron chi connectivity index (χ4n) is 1.30. The second-order valence-electron chi connectivity index (χ2n) is 3.46. The standard InChI is InChI=1S/C10H12BrN5S/c1-3-4-8-14-7(11)5-9(15-8)17-10-12-6-13-16(10)2/h5-6H,3-4H2,1-2H3. The van der Waals surface area contributed by atoms with Crippen molar-refractivity contribution < 1.29 is 0 Å². The summed E-state index contributed by atoms with van der Waals surface area (Å²) in [6.07, 6.45) is 3.45. The highest BCUT2D eigenvalue weighted by atomic mass is 79.9. The van der Waals surface area contributed by atoms with Crippen LogP contribution in [-0.4, -0.2) is 24.7 Å². The van der Waals surface area contributed by atoms with Gasteiger partial charge in [-0.3, -0.25) is 0 Å². The molecule has 0 radical (unpaired) electrons. The molecule has 0 aliphatic heterocycles. The summed E-state index contributed by atoms with van der Waals surface area (Å²) in [6.45, 7) is 2.11. The van der Waals surface area contributed by atoms with E-state index in [1.807, 2.05) is 13.1 Å². The molecule has 0 unspecified atom stereocenters. The van der Waals surface area contributed by atoms with Crippen molar-refractivity contribution in [3.8, 4) is 0 Å². The predicted octanol–water partition coefficient (Wildman–Crippen LogP) is 2.47. The minimum Gasteiger partial charge on any atom is -0.244 e. The molecule has 0 spiro atoms. The summed E-state index contributed by atoms with van der Waals surface area (Å²) in [7, 11) is 1.86. The Labute approximate surface area is 112 Å². The molecular weight excluding hydrogens is 302 g/mol. The predicted molar refractivity (Wildman–Crippen MR) is 68.9 cm³/mol. The van der Waals surface area contributed by atoms with Crippen molar-refractivity contribution in [2.24, 2.45) is 7.05 Å². The maximum absolute atomic E-state index is 4.48. The molecule has 0 saturated heterocycles. The first kappa shape index (κ1) is 12.5. The van der Waals surface area contributed by atoms with E-state index in [9.17, 15) is 0 Å². The van der Waals surface area contributed by atoms with Crippen LogP contribution in [0.5, 0.6) is 0 Å². The number of rotatable bonds is 4. The van der Waals surface area contributed by atoms with Gasteiger partial charge in [0, 0.05) is 19.5 Å². The van der Waals surface area contributed by atoms with Gasteiger partial charge in [-0.2, -0.15) is 5.10 Å². The Morgan fingerprint density at radius 3 is 2.88 bits per heavy atom. The van der Waals surface area contributed by atoms with Crippen molar-refractivity contribution in [3.05, 3.63) is 22.8 Å². The van der Waals surface area contributed by atoms with Gasteiger partial charge >= 0.3 is 0 Å². The van der Waals surface area contributed by atoms with E-state index in [1.54, 1.807) is 4.68 Å². The summed E-state index contributed by atoms with van der Waals surface area (Å²) >= 11 is 4.88. The highest BCUT2D eigenvalue weighted by Gasteiger charge is 2.07. The zero-order valence-corrected chi connectivity index (χ0v) is 12.0. The topological polar surface area (TPSA) is 56.5 Å².